The van der Waals surface area contributed by atoms with E-state index in [1.54, 1.807) is 11.3 Å². The molecule has 17 heavy (non-hydrogen) atoms. The number of nitrogens with zero attached hydrogens (tertiary/aromatic N) is 2. The largest absolute Gasteiger partial charge is 0.389 e. The van der Waals surface area contributed by atoms with Crippen LogP contribution in [0, 0.1) is 0 Å². The second kappa shape index (κ2) is 5.54. The van der Waals surface area contributed by atoms with Gasteiger partial charge in [-0.05, 0) is 7.05 Å². The molecule has 5 nitrogen and oxygen atoms in total. The van der Waals surface area contributed by atoms with Gasteiger partial charge in [0, 0.05) is 19.0 Å². The van der Waals surface area contributed by atoms with Crippen molar-refractivity contribution in [2.75, 3.05) is 19.4 Å². The number of aromatic nitrogens is 2. The molecule has 2 aromatic heterocycles. The Hall–Kier alpha value is -1.02. The predicted molar refractivity (Wildman–Crippen MR) is 71.5 cm³/mol. The highest BCUT2D eigenvalue weighted by Gasteiger charge is 2.14. The van der Waals surface area contributed by atoms with Gasteiger partial charge in [-0.2, -0.15) is 0 Å². The van der Waals surface area contributed by atoms with Crippen molar-refractivity contribution in [3.8, 4) is 10.6 Å². The molecule has 0 fully saturated rings. The SMILES string of the molecule is CNCc1nc(CO)sc1-c1csc(NC)n1. The van der Waals surface area contributed by atoms with Gasteiger partial charge in [0.1, 0.15) is 5.01 Å². The molecule has 0 aromatic carbocycles. The molecule has 2 rings (SSSR count). The summed E-state index contributed by atoms with van der Waals surface area (Å²) in [5.41, 5.74) is 1.86. The highest BCUT2D eigenvalue weighted by Crippen LogP contribution is 2.32. The Balaban J connectivity index is 2.38. The third-order valence-electron chi connectivity index (χ3n) is 2.17. The van der Waals surface area contributed by atoms with Crippen LogP contribution in [0.2, 0.25) is 0 Å². The molecule has 0 aliphatic carbocycles. The van der Waals surface area contributed by atoms with Crippen LogP contribution < -0.4 is 10.6 Å². The zero-order chi connectivity index (χ0) is 12.3. The van der Waals surface area contributed by atoms with E-state index in [9.17, 15) is 0 Å². The topological polar surface area (TPSA) is 70.1 Å². The minimum absolute atomic E-state index is 0.0234. The molecule has 0 amide bonds. The maximum Gasteiger partial charge on any atom is 0.182 e. The molecule has 0 atom stereocenters. The maximum atomic E-state index is 9.14. The van der Waals surface area contributed by atoms with Crippen molar-refractivity contribution in [3.63, 3.8) is 0 Å². The minimum atomic E-state index is -0.0234. The van der Waals surface area contributed by atoms with E-state index >= 15 is 0 Å². The number of aliphatic hydroxyl groups is 1. The molecule has 0 saturated carbocycles. The number of rotatable bonds is 5. The van der Waals surface area contributed by atoms with Gasteiger partial charge in [-0.25, -0.2) is 9.97 Å². The molecule has 0 spiro atoms. The van der Waals surface area contributed by atoms with Crippen LogP contribution in [-0.4, -0.2) is 29.2 Å². The summed E-state index contributed by atoms with van der Waals surface area (Å²) in [5.74, 6) is 0. The van der Waals surface area contributed by atoms with Crippen molar-refractivity contribution in [2.45, 2.75) is 13.2 Å². The van der Waals surface area contributed by atoms with Crippen LogP contribution in [0.15, 0.2) is 5.38 Å². The lowest BCUT2D eigenvalue weighted by molar-refractivity contribution is 0.281. The molecule has 3 N–H and O–H groups in total. The Morgan fingerprint density at radius 3 is 2.76 bits per heavy atom. The maximum absolute atomic E-state index is 9.14. The molecule has 0 bridgehead atoms. The number of nitrogens with one attached hydrogen (secondary N) is 2. The number of hydrogen-bond acceptors (Lipinski definition) is 7. The molecule has 0 radical (unpaired) electrons. The summed E-state index contributed by atoms with van der Waals surface area (Å²) in [6.45, 7) is 0.655. The van der Waals surface area contributed by atoms with Crippen LogP contribution in [-0.2, 0) is 13.2 Å². The summed E-state index contributed by atoms with van der Waals surface area (Å²) >= 11 is 3.05. The van der Waals surface area contributed by atoms with Gasteiger partial charge in [-0.3, -0.25) is 0 Å². The molecule has 2 heterocycles. The van der Waals surface area contributed by atoms with Gasteiger partial charge < -0.3 is 15.7 Å². The summed E-state index contributed by atoms with van der Waals surface area (Å²) in [7, 11) is 3.73. The van der Waals surface area contributed by atoms with Gasteiger partial charge in [-0.15, -0.1) is 22.7 Å². The van der Waals surface area contributed by atoms with Gasteiger partial charge in [0.25, 0.3) is 0 Å². The van der Waals surface area contributed by atoms with Crippen LogP contribution in [0.4, 0.5) is 5.13 Å². The van der Waals surface area contributed by atoms with Crippen molar-refractivity contribution in [1.82, 2.24) is 15.3 Å². The normalized spacial score (nSPS) is 10.8. The molecule has 0 aliphatic heterocycles. The Morgan fingerprint density at radius 2 is 2.18 bits per heavy atom. The van der Waals surface area contributed by atoms with E-state index in [0.717, 1.165) is 26.4 Å². The molecular weight excluding hydrogens is 256 g/mol. The van der Waals surface area contributed by atoms with E-state index in [0.29, 0.717) is 6.54 Å². The summed E-state index contributed by atoms with van der Waals surface area (Å²) in [4.78, 5) is 9.87. The van der Waals surface area contributed by atoms with Crippen LogP contribution in [0.3, 0.4) is 0 Å². The lowest BCUT2D eigenvalue weighted by Gasteiger charge is -1.97. The van der Waals surface area contributed by atoms with Crippen molar-refractivity contribution in [2.24, 2.45) is 0 Å². The van der Waals surface area contributed by atoms with E-state index in [1.165, 1.54) is 11.3 Å². The fourth-order valence-electron chi connectivity index (χ4n) is 1.45. The minimum Gasteiger partial charge on any atom is -0.389 e. The van der Waals surface area contributed by atoms with Gasteiger partial charge in [0.15, 0.2) is 5.13 Å². The van der Waals surface area contributed by atoms with Crippen LogP contribution in [0.25, 0.3) is 10.6 Å². The number of anilines is 1. The molecular formula is C10H14N4OS2. The average molecular weight is 270 g/mol. The molecule has 0 saturated heterocycles. The van der Waals surface area contributed by atoms with Gasteiger partial charge in [-0.1, -0.05) is 0 Å². The van der Waals surface area contributed by atoms with Crippen molar-refractivity contribution < 1.29 is 5.11 Å². The molecule has 0 aliphatic rings. The lowest BCUT2D eigenvalue weighted by Crippen LogP contribution is -2.06. The van der Waals surface area contributed by atoms with Crippen LogP contribution in [0.1, 0.15) is 10.7 Å². The first-order valence-electron chi connectivity index (χ1n) is 5.16. The lowest BCUT2D eigenvalue weighted by atomic mass is 10.3. The second-order valence-corrected chi connectivity index (χ2v) is 5.30. The number of hydrogen-bond donors (Lipinski definition) is 3. The third-order valence-corrected chi connectivity index (χ3v) is 4.14. The molecule has 7 heteroatoms. The predicted octanol–water partition coefficient (Wildman–Crippen LogP) is 1.52. The van der Waals surface area contributed by atoms with Gasteiger partial charge >= 0.3 is 0 Å². The third kappa shape index (κ3) is 2.63. The number of aliphatic hydroxyl groups excluding tert-OH is 1. The number of thiazole rings is 2. The Labute approximate surface area is 108 Å². The standard InChI is InChI=1S/C10H14N4OS2/c1-11-3-6-9(17-8(4-15)13-6)7-5-16-10(12-2)14-7/h5,11,15H,3-4H2,1-2H3,(H,12,14). The van der Waals surface area contributed by atoms with E-state index < -0.39 is 0 Å². The Bertz CT molecular complexity index is 494. The zero-order valence-electron chi connectivity index (χ0n) is 9.65. The molecule has 0 unspecified atom stereocenters. The molecule has 2 aromatic rings. The summed E-state index contributed by atoms with van der Waals surface area (Å²) in [5, 5.41) is 18.8. The Kier molecular flexibility index (Phi) is 4.06. The van der Waals surface area contributed by atoms with Gasteiger partial charge in [0.05, 0.1) is 22.9 Å². The van der Waals surface area contributed by atoms with Gasteiger partial charge in [0.2, 0.25) is 0 Å². The average Bonchev–Trinajstić information content (AvgIpc) is 2.95. The highest BCUT2D eigenvalue weighted by atomic mass is 32.1. The quantitative estimate of drug-likeness (QED) is 0.768. The summed E-state index contributed by atoms with van der Waals surface area (Å²) < 4.78 is 0. The zero-order valence-corrected chi connectivity index (χ0v) is 11.3. The Morgan fingerprint density at radius 1 is 1.35 bits per heavy atom. The van der Waals surface area contributed by atoms with E-state index in [4.69, 9.17) is 5.11 Å². The van der Waals surface area contributed by atoms with E-state index in [-0.39, 0.29) is 6.61 Å². The van der Waals surface area contributed by atoms with E-state index in [1.807, 2.05) is 19.5 Å². The first kappa shape index (κ1) is 12.4. The fourth-order valence-corrected chi connectivity index (χ4v) is 3.09. The first-order chi connectivity index (χ1) is 8.28. The second-order valence-electron chi connectivity index (χ2n) is 3.36. The fraction of sp³-hybridized carbons (Fsp3) is 0.400. The summed E-state index contributed by atoms with van der Waals surface area (Å²) in [6, 6.07) is 0. The molecule has 92 valence electrons. The smallest absolute Gasteiger partial charge is 0.182 e. The van der Waals surface area contributed by atoms with E-state index in [2.05, 4.69) is 20.6 Å². The highest BCUT2D eigenvalue weighted by molar-refractivity contribution is 7.16. The monoisotopic (exact) mass is 270 g/mol. The van der Waals surface area contributed by atoms with Crippen molar-refractivity contribution in [1.29, 1.82) is 0 Å². The van der Waals surface area contributed by atoms with Crippen molar-refractivity contribution in [3.05, 3.63) is 16.1 Å². The van der Waals surface area contributed by atoms with Crippen LogP contribution in [0.5, 0.6) is 0 Å². The van der Waals surface area contributed by atoms with Crippen LogP contribution >= 0.6 is 22.7 Å². The first-order valence-corrected chi connectivity index (χ1v) is 6.85. The van der Waals surface area contributed by atoms with Crippen molar-refractivity contribution >= 4 is 27.8 Å². The summed E-state index contributed by atoms with van der Waals surface area (Å²) in [6.07, 6.45) is 0.